The molecule has 80 heavy (non-hydrogen) atoms. The van der Waals surface area contributed by atoms with Crippen molar-refractivity contribution in [3.05, 3.63) is 178 Å². The van der Waals surface area contributed by atoms with Crippen molar-refractivity contribution < 1.29 is 93.0 Å². The van der Waals surface area contributed by atoms with Crippen LogP contribution in [-0.2, 0) is 41.0 Å². The number of urea groups is 2. The standard InChI is InChI=1S/C56H53F6N9O8.HI/c1-7-27-78-51(74)47-35(3)69(43-13-9-11-41(29-43)55(57,58)59)53(76)67(49(47)39-19-15-37(31-63)16-20-39)33-45(72)65-23-25-71(5,6)26-24-66-46(73)34-68-50(40-21-17-38(32-64)18-22-40)48(52(75)79-28-8-2)36(4)70(54(68)77)44-14-10-12-42(30-44)56(60,61)62;/h7-22,29-30,49-50H,1-2,23-28,33-34H2,3-6H3,(H-,65,66,72,73);1H/t49-,50-;/m1./s1. The zero-order valence-electron chi connectivity index (χ0n) is 43.7. The molecule has 2 heterocycles. The SMILES string of the molecule is C=CCOC(=O)C1=C(C)N(c2cccc(C(F)(F)F)c2)C(=O)N(CC(=O)NCC[N+](C)(C)CCNC(=O)CN2C(=O)N(c3cccc(C(F)(F)F)c3)C(C)=C(C(=O)OCC=C)[C@H]2c2ccc(C#N)cc2)[C@@H]1c1ccc(C#N)cc1.[I-]. The number of rotatable bonds is 20. The first kappa shape index (κ1) is 62.4. The smallest absolute Gasteiger partial charge is 0.416 e. The number of anilines is 2. The Morgan fingerprint density at radius 3 is 1.29 bits per heavy atom. The van der Waals surface area contributed by atoms with Crippen LogP contribution in [0, 0.1) is 22.7 Å². The van der Waals surface area contributed by atoms with Crippen LogP contribution in [-0.4, -0.2) is 117 Å². The fraction of sp³-hybridized carbons (Fsp3) is 0.286. The summed E-state index contributed by atoms with van der Waals surface area (Å²) in [4.78, 5) is 88.6. The fourth-order valence-electron chi connectivity index (χ4n) is 8.93. The maximum Gasteiger partial charge on any atom is 0.416 e. The summed E-state index contributed by atoms with van der Waals surface area (Å²) in [5.41, 5.74) is -2.20. The van der Waals surface area contributed by atoms with Crippen molar-refractivity contribution in [1.82, 2.24) is 20.4 Å². The van der Waals surface area contributed by atoms with E-state index in [4.69, 9.17) is 9.47 Å². The van der Waals surface area contributed by atoms with E-state index in [-0.39, 0.29) is 124 Å². The number of benzene rings is 4. The molecule has 17 nitrogen and oxygen atoms in total. The number of nitriles is 2. The Morgan fingerprint density at radius 2 is 0.975 bits per heavy atom. The number of nitrogens with zero attached hydrogens (tertiary/aromatic N) is 7. The molecule has 0 aliphatic carbocycles. The Balaban J connectivity index is 0.0000118. The second-order valence-corrected chi connectivity index (χ2v) is 18.7. The predicted molar refractivity (Wildman–Crippen MR) is 275 cm³/mol. The average molecular weight is 1220 g/mol. The molecule has 420 valence electrons. The molecule has 6 rings (SSSR count). The van der Waals surface area contributed by atoms with E-state index >= 15 is 0 Å². The molecule has 0 unspecified atom stereocenters. The van der Waals surface area contributed by atoms with Crippen molar-refractivity contribution in [2.24, 2.45) is 0 Å². The van der Waals surface area contributed by atoms with E-state index in [9.17, 15) is 65.6 Å². The van der Waals surface area contributed by atoms with Crippen LogP contribution in [0.25, 0.3) is 0 Å². The highest BCUT2D eigenvalue weighted by Gasteiger charge is 2.46. The first-order valence-corrected chi connectivity index (χ1v) is 24.2. The minimum atomic E-state index is -4.80. The summed E-state index contributed by atoms with van der Waals surface area (Å²) >= 11 is 0. The molecule has 0 saturated carbocycles. The normalized spacial score (nSPS) is 15.8. The largest absolute Gasteiger partial charge is 1.00 e. The summed E-state index contributed by atoms with van der Waals surface area (Å²) in [6.45, 7) is 8.20. The van der Waals surface area contributed by atoms with Gasteiger partial charge in [-0.05, 0) is 85.6 Å². The number of nitrogens with one attached hydrogen (secondary N) is 2. The number of amides is 6. The zero-order chi connectivity index (χ0) is 58.0. The third-order valence-corrected chi connectivity index (χ3v) is 12.9. The van der Waals surface area contributed by atoms with Crippen LogP contribution in [0.15, 0.2) is 145 Å². The van der Waals surface area contributed by atoms with Gasteiger partial charge in [0.15, 0.2) is 0 Å². The van der Waals surface area contributed by atoms with Gasteiger partial charge in [0.25, 0.3) is 0 Å². The molecule has 2 aliphatic rings. The quantitative estimate of drug-likeness (QED) is 0.0376. The average Bonchev–Trinajstić information content (AvgIpc) is 3.58. The third-order valence-electron chi connectivity index (χ3n) is 12.9. The lowest BCUT2D eigenvalue weighted by molar-refractivity contribution is -0.887. The van der Waals surface area contributed by atoms with E-state index < -0.39 is 84.5 Å². The maximum absolute atomic E-state index is 14.6. The molecule has 4 aromatic carbocycles. The Bertz CT molecular complexity index is 2980. The Hall–Kier alpha value is -8.49. The van der Waals surface area contributed by atoms with Gasteiger partial charge in [-0.15, -0.1) is 0 Å². The van der Waals surface area contributed by atoms with Gasteiger partial charge >= 0.3 is 36.4 Å². The molecule has 0 aromatic heterocycles. The highest BCUT2D eigenvalue weighted by molar-refractivity contribution is 6.06. The lowest BCUT2D eigenvalue weighted by Crippen LogP contribution is -3.00. The van der Waals surface area contributed by atoms with Crippen LogP contribution in [0.2, 0.25) is 0 Å². The van der Waals surface area contributed by atoms with Crippen LogP contribution in [0.4, 0.5) is 47.3 Å². The van der Waals surface area contributed by atoms with E-state index in [1.54, 1.807) is 14.1 Å². The van der Waals surface area contributed by atoms with Crippen LogP contribution >= 0.6 is 0 Å². The highest BCUT2D eigenvalue weighted by atomic mass is 127. The Kier molecular flexibility index (Phi) is 20.6. The number of quaternary nitrogens is 1. The van der Waals surface area contributed by atoms with Crippen LogP contribution in [0.3, 0.4) is 0 Å². The molecule has 2 atom stereocenters. The van der Waals surface area contributed by atoms with Crippen molar-refractivity contribution >= 4 is 47.2 Å². The number of halogens is 7. The van der Waals surface area contributed by atoms with Crippen LogP contribution in [0.1, 0.15) is 59.3 Å². The number of carbonyl (C=O) groups excluding carboxylic acids is 6. The summed E-state index contributed by atoms with van der Waals surface area (Å²) < 4.78 is 94.7. The molecular weight excluding hydrogens is 1170 g/mol. The number of allylic oxidation sites excluding steroid dienone is 2. The molecular formula is C56H54F6IN9O8. The van der Waals surface area contributed by atoms with E-state index in [0.717, 1.165) is 56.0 Å². The van der Waals surface area contributed by atoms with E-state index in [1.807, 2.05) is 12.1 Å². The summed E-state index contributed by atoms with van der Waals surface area (Å²) in [5.74, 6) is -3.39. The van der Waals surface area contributed by atoms with Gasteiger partial charge in [0.1, 0.15) is 26.3 Å². The second-order valence-electron chi connectivity index (χ2n) is 18.7. The second kappa shape index (κ2) is 26.4. The van der Waals surface area contributed by atoms with E-state index in [1.165, 1.54) is 86.7 Å². The van der Waals surface area contributed by atoms with E-state index in [2.05, 4.69) is 23.8 Å². The van der Waals surface area contributed by atoms with Gasteiger partial charge in [-0.1, -0.05) is 61.7 Å². The molecule has 0 saturated heterocycles. The number of hydrogen-bond donors (Lipinski definition) is 2. The minimum Gasteiger partial charge on any atom is -1.00 e. The van der Waals surface area contributed by atoms with Crippen LogP contribution < -0.4 is 44.4 Å². The number of carbonyl (C=O) groups is 6. The van der Waals surface area contributed by atoms with Crippen molar-refractivity contribution in [2.75, 3.05) is 76.4 Å². The fourth-order valence-corrected chi connectivity index (χ4v) is 8.93. The molecule has 4 aromatic rings. The summed E-state index contributed by atoms with van der Waals surface area (Å²) in [6, 6.07) is 18.7. The van der Waals surface area contributed by atoms with Crippen molar-refractivity contribution in [1.29, 1.82) is 10.5 Å². The van der Waals surface area contributed by atoms with Crippen molar-refractivity contribution in [3.63, 3.8) is 0 Å². The summed E-state index contributed by atoms with van der Waals surface area (Å²) in [7, 11) is 3.54. The lowest BCUT2D eigenvalue weighted by atomic mass is 9.92. The van der Waals surface area contributed by atoms with Gasteiger partial charge in [-0.2, -0.15) is 36.9 Å². The maximum atomic E-state index is 14.6. The van der Waals surface area contributed by atoms with Crippen molar-refractivity contribution in [3.8, 4) is 12.1 Å². The van der Waals surface area contributed by atoms with Gasteiger partial charge in [0.2, 0.25) is 11.8 Å². The molecule has 24 heteroatoms. The summed E-state index contributed by atoms with van der Waals surface area (Å²) in [5, 5.41) is 24.5. The van der Waals surface area contributed by atoms with Gasteiger partial charge in [-0.3, -0.25) is 19.4 Å². The number of likely N-dealkylation sites (N-methyl/N-ethyl adjacent to an activating group) is 1. The monoisotopic (exact) mass is 1220 g/mol. The van der Waals surface area contributed by atoms with Gasteiger partial charge in [0.05, 0.1) is 109 Å². The molecule has 0 radical (unpaired) electrons. The molecule has 2 aliphatic heterocycles. The van der Waals surface area contributed by atoms with Gasteiger partial charge in [-0.25, -0.2) is 19.2 Å². The molecule has 2 N–H and O–H groups in total. The highest BCUT2D eigenvalue weighted by Crippen LogP contribution is 2.43. The topological polar surface area (TPSA) is 205 Å². The molecule has 6 amide bonds. The van der Waals surface area contributed by atoms with Gasteiger partial charge < -0.3 is 58.4 Å². The molecule has 0 fully saturated rings. The summed E-state index contributed by atoms with van der Waals surface area (Å²) in [6.07, 6.45) is -7.03. The lowest BCUT2D eigenvalue weighted by Gasteiger charge is -2.42. The van der Waals surface area contributed by atoms with Crippen LogP contribution in [0.5, 0.6) is 0 Å². The third kappa shape index (κ3) is 14.6. The first-order valence-electron chi connectivity index (χ1n) is 24.2. The molecule has 0 bridgehead atoms. The number of alkyl halides is 6. The predicted octanol–water partition coefficient (Wildman–Crippen LogP) is 5.45. The van der Waals surface area contributed by atoms with Crippen molar-refractivity contribution in [2.45, 2.75) is 38.3 Å². The Morgan fingerprint density at radius 1 is 0.625 bits per heavy atom. The Labute approximate surface area is 474 Å². The number of esters is 2. The zero-order valence-corrected chi connectivity index (χ0v) is 45.8. The van der Waals surface area contributed by atoms with Gasteiger partial charge in [0, 0.05) is 11.4 Å². The number of ether oxygens (including phenoxy) is 2. The minimum absolute atomic E-state index is 0. The number of hydrogen-bond acceptors (Lipinski definition) is 10. The first-order chi connectivity index (χ1) is 37.3. The molecule has 0 spiro atoms. The van der Waals surface area contributed by atoms with E-state index in [0.29, 0.717) is 0 Å².